The van der Waals surface area contributed by atoms with E-state index in [1.165, 1.54) is 0 Å². The van der Waals surface area contributed by atoms with Gasteiger partial charge in [0.25, 0.3) is 0 Å². The fourth-order valence-corrected chi connectivity index (χ4v) is 2.26. The molecule has 1 saturated heterocycles. The highest BCUT2D eigenvalue weighted by Gasteiger charge is 2.33. The van der Waals surface area contributed by atoms with E-state index >= 15 is 0 Å². The Hall–Kier alpha value is -1.76. The zero-order valence-corrected chi connectivity index (χ0v) is 9.74. The highest BCUT2D eigenvalue weighted by atomic mass is 15.5. The first-order chi connectivity index (χ1) is 8.22. The fourth-order valence-electron chi connectivity index (χ4n) is 2.26. The normalized spacial score (nSPS) is 24.7. The van der Waals surface area contributed by atoms with Gasteiger partial charge in [-0.3, -0.25) is 4.98 Å². The van der Waals surface area contributed by atoms with Gasteiger partial charge in [-0.2, -0.15) is 4.52 Å². The van der Waals surface area contributed by atoms with Gasteiger partial charge in [-0.05, 0) is 28.8 Å². The standard InChI is InChI=1S/C10H15N7/c1-10(6-11)2-3-16(7-10)9-5-12-4-8-13-14-15-17(8)9/h4-5H,2-3,6-7,11H2,1H3. The molecule has 1 aliphatic heterocycles. The largest absolute Gasteiger partial charge is 0.355 e. The second-order valence-corrected chi connectivity index (χ2v) is 4.90. The first-order valence-corrected chi connectivity index (χ1v) is 5.69. The van der Waals surface area contributed by atoms with Crippen molar-refractivity contribution < 1.29 is 0 Å². The Balaban J connectivity index is 1.98. The van der Waals surface area contributed by atoms with E-state index in [0.717, 1.165) is 25.3 Å². The number of tetrazole rings is 1. The summed E-state index contributed by atoms with van der Waals surface area (Å²) in [5, 5.41) is 11.5. The molecule has 1 unspecified atom stereocenters. The van der Waals surface area contributed by atoms with E-state index in [4.69, 9.17) is 5.73 Å². The molecule has 0 radical (unpaired) electrons. The summed E-state index contributed by atoms with van der Waals surface area (Å²) in [7, 11) is 0. The summed E-state index contributed by atoms with van der Waals surface area (Å²) >= 11 is 0. The molecule has 0 bridgehead atoms. The minimum atomic E-state index is 0.177. The van der Waals surface area contributed by atoms with E-state index in [-0.39, 0.29) is 5.41 Å². The minimum Gasteiger partial charge on any atom is -0.355 e. The molecule has 2 aromatic rings. The summed E-state index contributed by atoms with van der Waals surface area (Å²) in [6.45, 7) is 4.79. The number of fused-ring (bicyclic) bond motifs is 1. The Morgan fingerprint density at radius 2 is 2.35 bits per heavy atom. The molecule has 3 rings (SSSR count). The predicted molar refractivity (Wildman–Crippen MR) is 62.6 cm³/mol. The molecule has 1 atom stereocenters. The van der Waals surface area contributed by atoms with Gasteiger partial charge in [0, 0.05) is 13.1 Å². The Morgan fingerprint density at radius 3 is 3.12 bits per heavy atom. The molecule has 1 fully saturated rings. The highest BCUT2D eigenvalue weighted by Crippen LogP contribution is 2.31. The molecule has 0 aliphatic carbocycles. The molecule has 1 aliphatic rings. The van der Waals surface area contributed by atoms with E-state index in [9.17, 15) is 0 Å². The molecule has 17 heavy (non-hydrogen) atoms. The number of hydrogen-bond acceptors (Lipinski definition) is 6. The molecule has 0 spiro atoms. The van der Waals surface area contributed by atoms with E-state index in [1.807, 2.05) is 0 Å². The molecule has 0 saturated carbocycles. The summed E-state index contributed by atoms with van der Waals surface area (Å²) in [4.78, 5) is 6.41. The quantitative estimate of drug-likeness (QED) is 0.766. The van der Waals surface area contributed by atoms with Crippen molar-refractivity contribution in [2.75, 3.05) is 24.5 Å². The lowest BCUT2D eigenvalue weighted by molar-refractivity contribution is 0.383. The lowest BCUT2D eigenvalue weighted by Gasteiger charge is -2.23. The van der Waals surface area contributed by atoms with Gasteiger partial charge in [-0.1, -0.05) is 6.92 Å². The van der Waals surface area contributed by atoms with Crippen LogP contribution in [0.1, 0.15) is 13.3 Å². The van der Waals surface area contributed by atoms with Crippen molar-refractivity contribution in [1.29, 1.82) is 0 Å². The number of nitrogens with two attached hydrogens (primary N) is 1. The second kappa shape index (κ2) is 3.63. The topological polar surface area (TPSA) is 85.2 Å². The number of aromatic nitrogens is 5. The highest BCUT2D eigenvalue weighted by molar-refractivity contribution is 5.47. The predicted octanol–water partition coefficient (Wildman–Crippen LogP) is -0.306. The van der Waals surface area contributed by atoms with Gasteiger partial charge in [0.2, 0.25) is 0 Å². The Morgan fingerprint density at radius 1 is 1.47 bits per heavy atom. The summed E-state index contributed by atoms with van der Waals surface area (Å²) < 4.78 is 1.72. The maximum atomic E-state index is 5.81. The van der Waals surface area contributed by atoms with Crippen molar-refractivity contribution in [3.63, 3.8) is 0 Å². The molecule has 0 aromatic carbocycles. The van der Waals surface area contributed by atoms with Gasteiger partial charge in [0.15, 0.2) is 11.5 Å². The average Bonchev–Trinajstić information content (AvgIpc) is 2.95. The maximum Gasteiger partial charge on any atom is 0.199 e. The molecule has 7 nitrogen and oxygen atoms in total. The number of rotatable bonds is 2. The first-order valence-electron chi connectivity index (χ1n) is 5.69. The number of hydrogen-bond donors (Lipinski definition) is 1. The first kappa shape index (κ1) is 10.4. The maximum absolute atomic E-state index is 5.81. The second-order valence-electron chi connectivity index (χ2n) is 4.90. The molecule has 0 amide bonds. The van der Waals surface area contributed by atoms with Gasteiger partial charge in [0.05, 0.1) is 12.4 Å². The van der Waals surface area contributed by atoms with Crippen molar-refractivity contribution in [3.8, 4) is 0 Å². The van der Waals surface area contributed by atoms with Crippen LogP contribution in [0.4, 0.5) is 5.82 Å². The van der Waals surface area contributed by atoms with Gasteiger partial charge in [0.1, 0.15) is 0 Å². The van der Waals surface area contributed by atoms with Crippen molar-refractivity contribution >= 4 is 11.5 Å². The van der Waals surface area contributed by atoms with E-state index < -0.39 is 0 Å². The van der Waals surface area contributed by atoms with Gasteiger partial charge in [-0.15, -0.1) is 5.10 Å². The third kappa shape index (κ3) is 1.62. The van der Waals surface area contributed by atoms with Crippen LogP contribution in [0.3, 0.4) is 0 Å². The van der Waals surface area contributed by atoms with Crippen LogP contribution in [-0.2, 0) is 0 Å². The lowest BCUT2D eigenvalue weighted by Crippen LogP contribution is -2.32. The van der Waals surface area contributed by atoms with Gasteiger partial charge < -0.3 is 10.6 Å². The van der Waals surface area contributed by atoms with Crippen LogP contribution in [-0.4, -0.2) is 44.7 Å². The van der Waals surface area contributed by atoms with Gasteiger partial charge in [-0.25, -0.2) is 0 Å². The monoisotopic (exact) mass is 233 g/mol. The lowest BCUT2D eigenvalue weighted by atomic mass is 9.90. The van der Waals surface area contributed by atoms with Crippen molar-refractivity contribution in [1.82, 2.24) is 25.0 Å². The number of anilines is 1. The van der Waals surface area contributed by atoms with Crippen LogP contribution >= 0.6 is 0 Å². The zero-order chi connectivity index (χ0) is 11.9. The number of nitrogens with zero attached hydrogens (tertiary/aromatic N) is 6. The Labute approximate surface area is 98.6 Å². The van der Waals surface area contributed by atoms with Crippen LogP contribution in [0.2, 0.25) is 0 Å². The van der Waals surface area contributed by atoms with E-state index in [2.05, 4.69) is 32.3 Å². The third-order valence-electron chi connectivity index (χ3n) is 3.47. The van der Waals surface area contributed by atoms with Crippen LogP contribution in [0, 0.1) is 5.41 Å². The van der Waals surface area contributed by atoms with Crippen LogP contribution in [0.25, 0.3) is 5.65 Å². The summed E-state index contributed by atoms with van der Waals surface area (Å²) in [6.07, 6.45) is 4.54. The Bertz CT molecular complexity index is 536. The van der Waals surface area contributed by atoms with Crippen LogP contribution < -0.4 is 10.6 Å². The van der Waals surface area contributed by atoms with Crippen molar-refractivity contribution in [2.24, 2.45) is 11.1 Å². The minimum absolute atomic E-state index is 0.177. The van der Waals surface area contributed by atoms with Crippen molar-refractivity contribution in [3.05, 3.63) is 12.4 Å². The summed E-state index contributed by atoms with van der Waals surface area (Å²) in [6, 6.07) is 0. The Kier molecular flexibility index (Phi) is 2.22. The molecule has 2 aromatic heterocycles. The summed E-state index contributed by atoms with van der Waals surface area (Å²) in [5.41, 5.74) is 6.66. The van der Waals surface area contributed by atoms with Crippen molar-refractivity contribution in [2.45, 2.75) is 13.3 Å². The molecule has 3 heterocycles. The SMILES string of the molecule is CC1(CN)CCN(c2cncc3nnnn23)C1. The van der Waals surface area contributed by atoms with Gasteiger partial charge >= 0.3 is 0 Å². The molecule has 90 valence electrons. The van der Waals surface area contributed by atoms with E-state index in [0.29, 0.717) is 12.2 Å². The van der Waals surface area contributed by atoms with Crippen LogP contribution in [0.15, 0.2) is 12.4 Å². The van der Waals surface area contributed by atoms with E-state index in [1.54, 1.807) is 16.9 Å². The molecule has 7 heteroatoms. The smallest absolute Gasteiger partial charge is 0.199 e. The molecular weight excluding hydrogens is 218 g/mol. The van der Waals surface area contributed by atoms with Crippen LogP contribution in [0.5, 0.6) is 0 Å². The molecule has 2 N–H and O–H groups in total. The fraction of sp³-hybridized carbons (Fsp3) is 0.600. The summed E-state index contributed by atoms with van der Waals surface area (Å²) in [5.74, 6) is 0.935. The average molecular weight is 233 g/mol. The molecular formula is C10H15N7. The zero-order valence-electron chi connectivity index (χ0n) is 9.74. The third-order valence-corrected chi connectivity index (χ3v) is 3.47.